The van der Waals surface area contributed by atoms with Crippen molar-refractivity contribution in [3.8, 4) is 0 Å². The lowest BCUT2D eigenvalue weighted by molar-refractivity contribution is 0.0474. The summed E-state index contributed by atoms with van der Waals surface area (Å²) in [5, 5.41) is 0. The Hall–Kier alpha value is -2.43. The quantitative estimate of drug-likeness (QED) is 0.625. The number of esters is 1. The van der Waals surface area contributed by atoms with E-state index < -0.39 is 11.8 Å². The van der Waals surface area contributed by atoms with Gasteiger partial charge in [-0.1, -0.05) is 0 Å². The maximum absolute atomic E-state index is 12.8. The van der Waals surface area contributed by atoms with Gasteiger partial charge >= 0.3 is 5.97 Å². The molecule has 1 aliphatic rings. The molecule has 0 amide bonds. The largest absolute Gasteiger partial charge is 0.454 e. The van der Waals surface area contributed by atoms with E-state index in [2.05, 4.69) is 4.57 Å². The topological polar surface area (TPSA) is 48.3 Å². The molecule has 0 spiro atoms. The molecule has 120 valence electrons. The van der Waals surface area contributed by atoms with Crippen molar-refractivity contribution in [2.45, 2.75) is 32.7 Å². The van der Waals surface area contributed by atoms with Crippen molar-refractivity contribution >= 4 is 11.8 Å². The molecule has 0 N–H and O–H groups in total. The van der Waals surface area contributed by atoms with Crippen LogP contribution in [-0.4, -0.2) is 22.9 Å². The lowest BCUT2D eigenvalue weighted by Crippen LogP contribution is -2.15. The Morgan fingerprint density at radius 1 is 1.22 bits per heavy atom. The Morgan fingerprint density at radius 3 is 2.48 bits per heavy atom. The maximum Gasteiger partial charge on any atom is 0.340 e. The van der Waals surface area contributed by atoms with E-state index in [1.165, 1.54) is 24.3 Å². The predicted molar refractivity (Wildman–Crippen MR) is 83.2 cm³/mol. The molecular formula is C18H18FNO3. The molecule has 2 aromatic rings. The van der Waals surface area contributed by atoms with E-state index in [-0.39, 0.29) is 12.4 Å². The molecule has 4 nitrogen and oxygen atoms in total. The Morgan fingerprint density at radius 2 is 1.87 bits per heavy atom. The summed E-state index contributed by atoms with van der Waals surface area (Å²) in [5.41, 5.74) is 2.73. The fraction of sp³-hybridized carbons (Fsp3) is 0.333. The summed E-state index contributed by atoms with van der Waals surface area (Å²) in [6.07, 6.45) is 2.27. The van der Waals surface area contributed by atoms with Crippen molar-refractivity contribution in [3.63, 3.8) is 0 Å². The first-order chi connectivity index (χ1) is 11.0. The van der Waals surface area contributed by atoms with Crippen molar-refractivity contribution in [3.05, 3.63) is 58.7 Å². The number of ether oxygens (including phenoxy) is 1. The van der Waals surface area contributed by atoms with Crippen LogP contribution in [0.15, 0.2) is 30.3 Å². The number of hydrogen-bond donors (Lipinski definition) is 0. The molecule has 1 fully saturated rings. The highest BCUT2D eigenvalue weighted by molar-refractivity contribution is 5.99. The highest BCUT2D eigenvalue weighted by atomic mass is 19.1. The van der Waals surface area contributed by atoms with Gasteiger partial charge in [0.05, 0.1) is 5.56 Å². The summed E-state index contributed by atoms with van der Waals surface area (Å²) in [6, 6.07) is 7.46. The molecule has 1 aromatic carbocycles. The van der Waals surface area contributed by atoms with E-state index in [1.54, 1.807) is 6.07 Å². The fourth-order valence-corrected chi connectivity index (χ4v) is 2.81. The number of nitrogens with zero attached hydrogens (tertiary/aromatic N) is 1. The molecule has 3 rings (SSSR count). The molecule has 23 heavy (non-hydrogen) atoms. The van der Waals surface area contributed by atoms with Gasteiger partial charge in [0.25, 0.3) is 0 Å². The molecule has 1 aliphatic carbocycles. The zero-order valence-corrected chi connectivity index (χ0v) is 13.1. The summed E-state index contributed by atoms with van der Waals surface area (Å²) in [4.78, 5) is 24.2. The Kier molecular flexibility index (Phi) is 4.03. The van der Waals surface area contributed by atoms with E-state index in [4.69, 9.17) is 4.74 Å². The van der Waals surface area contributed by atoms with Crippen LogP contribution in [0.5, 0.6) is 0 Å². The fourth-order valence-electron chi connectivity index (χ4n) is 2.81. The Labute approximate surface area is 133 Å². The third kappa shape index (κ3) is 3.18. The van der Waals surface area contributed by atoms with Crippen LogP contribution in [-0.2, 0) is 4.74 Å². The number of benzene rings is 1. The SMILES string of the molecule is Cc1cc(C(=O)OCC(=O)c2ccc(F)cc2)c(C)n1C1CC1. The minimum Gasteiger partial charge on any atom is -0.454 e. The molecule has 1 saturated carbocycles. The minimum atomic E-state index is -0.500. The van der Waals surface area contributed by atoms with Crippen molar-refractivity contribution in [2.24, 2.45) is 0 Å². The number of carbonyl (C=O) groups is 2. The van der Waals surface area contributed by atoms with Crippen molar-refractivity contribution in [1.29, 1.82) is 0 Å². The van der Waals surface area contributed by atoms with Gasteiger partial charge in [0, 0.05) is 23.0 Å². The molecule has 1 aromatic heterocycles. The zero-order valence-electron chi connectivity index (χ0n) is 13.1. The van der Waals surface area contributed by atoms with E-state index in [0.717, 1.165) is 24.2 Å². The van der Waals surface area contributed by atoms with Crippen LogP contribution >= 0.6 is 0 Å². The number of aryl methyl sites for hydroxylation is 1. The number of hydrogen-bond acceptors (Lipinski definition) is 3. The second kappa shape index (κ2) is 5.99. The molecule has 1 heterocycles. The average molecular weight is 315 g/mol. The van der Waals surface area contributed by atoms with Gasteiger partial charge in [-0.15, -0.1) is 0 Å². The second-order valence-corrected chi connectivity index (χ2v) is 5.89. The van der Waals surface area contributed by atoms with Crippen molar-refractivity contribution in [1.82, 2.24) is 4.57 Å². The van der Waals surface area contributed by atoms with E-state index in [0.29, 0.717) is 17.2 Å². The third-order valence-corrected chi connectivity index (χ3v) is 4.12. The highest BCUT2D eigenvalue weighted by Gasteiger charge is 2.28. The summed E-state index contributed by atoms with van der Waals surface area (Å²) in [6.45, 7) is 3.51. The van der Waals surface area contributed by atoms with Gasteiger partial charge < -0.3 is 9.30 Å². The maximum atomic E-state index is 12.8. The first kappa shape index (κ1) is 15.5. The van der Waals surface area contributed by atoms with Crippen LogP contribution in [0.1, 0.15) is 51.0 Å². The van der Waals surface area contributed by atoms with Crippen LogP contribution in [0, 0.1) is 19.7 Å². The van der Waals surface area contributed by atoms with Crippen molar-refractivity contribution in [2.75, 3.05) is 6.61 Å². The lowest BCUT2D eigenvalue weighted by atomic mass is 10.1. The molecule has 0 aliphatic heterocycles. The monoisotopic (exact) mass is 315 g/mol. The number of halogens is 1. The number of carbonyl (C=O) groups excluding carboxylic acids is 2. The first-order valence-electron chi connectivity index (χ1n) is 7.61. The predicted octanol–water partition coefficient (Wildman–Crippen LogP) is 3.62. The average Bonchev–Trinajstić information content (AvgIpc) is 3.31. The summed E-state index contributed by atoms with van der Waals surface area (Å²) in [5.74, 6) is -1.26. The number of ketones is 1. The molecule has 0 bridgehead atoms. The number of rotatable bonds is 5. The molecular weight excluding hydrogens is 297 g/mol. The van der Waals surface area contributed by atoms with Gasteiger partial charge in [-0.05, 0) is 57.0 Å². The molecule has 5 heteroatoms. The number of Topliss-reactive ketones (excluding diaryl/α,β-unsaturated/α-hetero) is 1. The summed E-state index contributed by atoms with van der Waals surface area (Å²) < 4.78 is 20.1. The lowest BCUT2D eigenvalue weighted by Gasteiger charge is -2.08. The van der Waals surface area contributed by atoms with Crippen LogP contribution in [0.4, 0.5) is 4.39 Å². The van der Waals surface area contributed by atoms with Gasteiger partial charge in [-0.25, -0.2) is 9.18 Å². The minimum absolute atomic E-state index is 0.322. The van der Waals surface area contributed by atoms with Gasteiger partial charge in [0.15, 0.2) is 12.4 Å². The number of aromatic nitrogens is 1. The normalized spacial score (nSPS) is 13.9. The molecule has 0 radical (unpaired) electrons. The van der Waals surface area contributed by atoms with Gasteiger partial charge in [0.2, 0.25) is 0 Å². The van der Waals surface area contributed by atoms with E-state index in [1.807, 2.05) is 13.8 Å². The molecule has 0 saturated heterocycles. The zero-order chi connectivity index (χ0) is 16.6. The highest BCUT2D eigenvalue weighted by Crippen LogP contribution is 2.38. The Balaban J connectivity index is 1.66. The second-order valence-electron chi connectivity index (χ2n) is 5.89. The van der Waals surface area contributed by atoms with Crippen LogP contribution in [0.25, 0.3) is 0 Å². The molecule has 0 atom stereocenters. The van der Waals surface area contributed by atoms with Gasteiger partial charge in [-0.2, -0.15) is 0 Å². The Bertz CT molecular complexity index is 757. The van der Waals surface area contributed by atoms with Crippen LogP contribution in [0.3, 0.4) is 0 Å². The summed E-state index contributed by atoms with van der Waals surface area (Å²) >= 11 is 0. The van der Waals surface area contributed by atoms with E-state index >= 15 is 0 Å². The van der Waals surface area contributed by atoms with Gasteiger partial charge in [0.1, 0.15) is 5.82 Å². The van der Waals surface area contributed by atoms with E-state index in [9.17, 15) is 14.0 Å². The first-order valence-corrected chi connectivity index (χ1v) is 7.61. The van der Waals surface area contributed by atoms with Crippen LogP contribution in [0.2, 0.25) is 0 Å². The van der Waals surface area contributed by atoms with Gasteiger partial charge in [-0.3, -0.25) is 4.79 Å². The third-order valence-electron chi connectivity index (χ3n) is 4.12. The smallest absolute Gasteiger partial charge is 0.340 e. The van der Waals surface area contributed by atoms with Crippen LogP contribution < -0.4 is 0 Å². The summed E-state index contributed by atoms with van der Waals surface area (Å²) in [7, 11) is 0. The van der Waals surface area contributed by atoms with Crippen molar-refractivity contribution < 1.29 is 18.7 Å². The standard InChI is InChI=1S/C18H18FNO3/c1-11-9-16(12(2)20(11)15-7-8-15)18(22)23-10-17(21)13-3-5-14(19)6-4-13/h3-6,9,15H,7-8,10H2,1-2H3. The molecule has 0 unspecified atom stereocenters.